The van der Waals surface area contributed by atoms with Crippen LogP contribution in [0, 0.1) is 29.6 Å². The Morgan fingerprint density at radius 3 is 1.76 bits per heavy atom. The lowest BCUT2D eigenvalue weighted by Crippen LogP contribution is -2.23. The lowest BCUT2D eigenvalue weighted by atomic mass is 9.77. The summed E-state index contributed by atoms with van der Waals surface area (Å²) in [6.45, 7) is 18.5. The molecule has 2 nitrogen and oxygen atoms in total. The summed E-state index contributed by atoms with van der Waals surface area (Å²) >= 11 is 0. The van der Waals surface area contributed by atoms with Gasteiger partial charge in [-0.2, -0.15) is 0 Å². The zero-order valence-corrected chi connectivity index (χ0v) is 21.4. The minimum absolute atomic E-state index is 0.0862. The van der Waals surface area contributed by atoms with Crippen LogP contribution in [-0.4, -0.2) is 23.9 Å². The monoisotopic (exact) mass is 412 g/mol. The summed E-state index contributed by atoms with van der Waals surface area (Å²) < 4.78 is 5.35. The highest BCUT2D eigenvalue weighted by Crippen LogP contribution is 2.34. The number of aliphatic hydroxyl groups is 1. The first-order valence-corrected chi connectivity index (χ1v) is 12.9. The highest BCUT2D eigenvalue weighted by atomic mass is 16.5. The average molecular weight is 413 g/mol. The van der Waals surface area contributed by atoms with Crippen molar-refractivity contribution in [2.45, 2.75) is 138 Å². The summed E-state index contributed by atoms with van der Waals surface area (Å²) in [7, 11) is 0. The van der Waals surface area contributed by atoms with Crippen molar-refractivity contribution in [3.8, 4) is 0 Å². The van der Waals surface area contributed by atoms with Crippen molar-refractivity contribution in [1.29, 1.82) is 0 Å². The molecular weight excluding hydrogens is 356 g/mol. The Bertz CT molecular complexity index is 332. The van der Waals surface area contributed by atoms with Crippen molar-refractivity contribution in [1.82, 2.24) is 0 Å². The van der Waals surface area contributed by atoms with Crippen molar-refractivity contribution >= 4 is 0 Å². The Balaban J connectivity index is 0.000000734. The summed E-state index contributed by atoms with van der Waals surface area (Å²) in [6, 6.07) is 0. The van der Waals surface area contributed by atoms with E-state index >= 15 is 0 Å². The van der Waals surface area contributed by atoms with Gasteiger partial charge in [0.05, 0.1) is 12.2 Å². The van der Waals surface area contributed by atoms with Crippen LogP contribution in [0.2, 0.25) is 0 Å². The molecule has 1 rings (SSSR count). The van der Waals surface area contributed by atoms with Gasteiger partial charge in [-0.05, 0) is 69.6 Å². The first kappa shape index (κ1) is 28.9. The summed E-state index contributed by atoms with van der Waals surface area (Å²) in [5, 5.41) is 9.63. The van der Waals surface area contributed by atoms with Gasteiger partial charge in [0.25, 0.3) is 0 Å². The third-order valence-electron chi connectivity index (χ3n) is 6.51. The van der Waals surface area contributed by atoms with Crippen LogP contribution in [0.4, 0.5) is 0 Å². The van der Waals surface area contributed by atoms with Gasteiger partial charge in [-0.15, -0.1) is 0 Å². The molecule has 2 atom stereocenters. The van der Waals surface area contributed by atoms with Crippen molar-refractivity contribution in [3.63, 3.8) is 0 Å². The van der Waals surface area contributed by atoms with Crippen LogP contribution in [0.25, 0.3) is 0 Å². The number of hydrogen-bond donors (Lipinski definition) is 1. The topological polar surface area (TPSA) is 29.5 Å². The Morgan fingerprint density at radius 2 is 1.28 bits per heavy atom. The van der Waals surface area contributed by atoms with Gasteiger partial charge in [-0.25, -0.2) is 0 Å². The number of rotatable bonds is 13. The smallest absolute Gasteiger partial charge is 0.0540 e. The number of ether oxygens (including phenoxy) is 1. The lowest BCUT2D eigenvalue weighted by Gasteiger charge is -2.30. The van der Waals surface area contributed by atoms with Crippen LogP contribution in [0.3, 0.4) is 0 Å². The van der Waals surface area contributed by atoms with Crippen LogP contribution < -0.4 is 0 Å². The lowest BCUT2D eigenvalue weighted by molar-refractivity contribution is 0.0710. The molecule has 0 amide bonds. The van der Waals surface area contributed by atoms with Crippen LogP contribution in [-0.2, 0) is 4.74 Å². The predicted octanol–water partition coefficient (Wildman–Crippen LogP) is 8.26. The number of aliphatic hydroxyl groups excluding tert-OH is 1. The fraction of sp³-hybridized carbons (Fsp3) is 1.00. The van der Waals surface area contributed by atoms with E-state index in [-0.39, 0.29) is 6.10 Å². The Labute approximate surface area is 184 Å². The molecule has 1 saturated carbocycles. The molecule has 1 N–H and O–H groups in total. The maximum atomic E-state index is 9.63. The van der Waals surface area contributed by atoms with Gasteiger partial charge in [0.2, 0.25) is 0 Å². The van der Waals surface area contributed by atoms with E-state index in [1.165, 1.54) is 70.6 Å². The van der Waals surface area contributed by atoms with E-state index in [1.54, 1.807) is 0 Å². The first-order chi connectivity index (χ1) is 13.6. The van der Waals surface area contributed by atoms with E-state index in [1.807, 2.05) is 6.92 Å². The molecule has 2 unspecified atom stereocenters. The van der Waals surface area contributed by atoms with Crippen LogP contribution in [0.5, 0.6) is 0 Å². The summed E-state index contributed by atoms with van der Waals surface area (Å²) in [5.41, 5.74) is 0. The van der Waals surface area contributed by atoms with Crippen LogP contribution in [0.15, 0.2) is 0 Å². The molecule has 1 aliphatic rings. The second kappa shape index (κ2) is 17.6. The highest BCUT2D eigenvalue weighted by Gasteiger charge is 2.23. The van der Waals surface area contributed by atoms with Gasteiger partial charge in [0.15, 0.2) is 0 Å². The molecule has 0 aromatic carbocycles. The first-order valence-electron chi connectivity index (χ1n) is 12.9. The summed E-state index contributed by atoms with van der Waals surface area (Å²) in [5.74, 6) is 4.09. The van der Waals surface area contributed by atoms with E-state index in [0.717, 1.165) is 30.3 Å². The van der Waals surface area contributed by atoms with E-state index in [4.69, 9.17) is 4.74 Å². The highest BCUT2D eigenvalue weighted by molar-refractivity contribution is 4.75. The molecule has 0 spiro atoms. The van der Waals surface area contributed by atoms with E-state index < -0.39 is 0 Å². The molecule has 0 bridgehead atoms. The number of hydrogen-bond acceptors (Lipinski definition) is 2. The minimum Gasteiger partial charge on any atom is -0.393 e. The van der Waals surface area contributed by atoms with Crippen molar-refractivity contribution in [3.05, 3.63) is 0 Å². The van der Waals surface area contributed by atoms with Crippen molar-refractivity contribution in [2.75, 3.05) is 6.61 Å². The van der Waals surface area contributed by atoms with E-state index in [2.05, 4.69) is 48.5 Å². The van der Waals surface area contributed by atoms with E-state index in [0.29, 0.717) is 12.0 Å². The van der Waals surface area contributed by atoms with Gasteiger partial charge in [-0.1, -0.05) is 86.0 Å². The molecule has 1 aliphatic carbocycles. The molecule has 176 valence electrons. The SMILES string of the molecule is CC(C)CCCC(C)CCCC1CCC(C(C)O)CC1.CC(C)CCOC(C)C. The van der Waals surface area contributed by atoms with E-state index in [9.17, 15) is 5.11 Å². The predicted molar refractivity (Wildman–Crippen MR) is 129 cm³/mol. The molecule has 0 aliphatic heterocycles. The molecule has 0 radical (unpaired) electrons. The van der Waals surface area contributed by atoms with Crippen LogP contribution in [0.1, 0.15) is 126 Å². The molecule has 1 fully saturated rings. The average Bonchev–Trinajstić information content (AvgIpc) is 2.61. The largest absolute Gasteiger partial charge is 0.393 e. The molecule has 0 aromatic rings. The standard InChI is InChI=1S/C19H38O.C8H18O/c1-15(2)7-5-8-16(3)9-6-10-18-11-13-19(14-12-18)17(4)20;1-7(2)5-6-9-8(3)4/h15-20H,5-14H2,1-4H3;7-8H,5-6H2,1-4H3. The van der Waals surface area contributed by atoms with Gasteiger partial charge >= 0.3 is 0 Å². The van der Waals surface area contributed by atoms with Crippen molar-refractivity contribution in [2.24, 2.45) is 29.6 Å². The Morgan fingerprint density at radius 1 is 0.724 bits per heavy atom. The van der Waals surface area contributed by atoms with Gasteiger partial charge in [0.1, 0.15) is 0 Å². The second-order valence-corrected chi connectivity index (χ2v) is 11.0. The maximum Gasteiger partial charge on any atom is 0.0540 e. The summed E-state index contributed by atoms with van der Waals surface area (Å²) in [4.78, 5) is 0. The zero-order chi connectivity index (χ0) is 22.2. The van der Waals surface area contributed by atoms with Gasteiger partial charge in [0, 0.05) is 6.61 Å². The summed E-state index contributed by atoms with van der Waals surface area (Å²) in [6.07, 6.45) is 15.2. The van der Waals surface area contributed by atoms with Crippen molar-refractivity contribution < 1.29 is 9.84 Å². The zero-order valence-electron chi connectivity index (χ0n) is 21.4. The fourth-order valence-corrected chi connectivity index (χ4v) is 4.27. The molecule has 0 saturated heterocycles. The van der Waals surface area contributed by atoms with Crippen LogP contribution >= 0.6 is 0 Å². The molecular formula is C27H56O2. The Kier molecular flexibility index (Phi) is 17.5. The van der Waals surface area contributed by atoms with Gasteiger partial charge in [-0.3, -0.25) is 0 Å². The van der Waals surface area contributed by atoms with Gasteiger partial charge < -0.3 is 9.84 Å². The second-order valence-electron chi connectivity index (χ2n) is 11.0. The third-order valence-corrected chi connectivity index (χ3v) is 6.51. The third kappa shape index (κ3) is 18.4. The normalized spacial score (nSPS) is 21.9. The molecule has 2 heteroatoms. The molecule has 0 heterocycles. The minimum atomic E-state index is -0.0862. The molecule has 29 heavy (non-hydrogen) atoms. The fourth-order valence-electron chi connectivity index (χ4n) is 4.27. The molecule has 0 aromatic heterocycles. The maximum absolute atomic E-state index is 9.63. The quantitative estimate of drug-likeness (QED) is 0.330. The Hall–Kier alpha value is -0.0800.